The molecule has 0 bridgehead atoms. The van der Waals surface area contributed by atoms with Crippen molar-refractivity contribution < 1.29 is 4.92 Å². The van der Waals surface area contributed by atoms with Gasteiger partial charge in [-0.25, -0.2) is 0 Å². The van der Waals surface area contributed by atoms with E-state index in [9.17, 15) is 15.4 Å². The van der Waals surface area contributed by atoms with Gasteiger partial charge in [0.2, 0.25) is 0 Å². The van der Waals surface area contributed by atoms with Crippen molar-refractivity contribution in [1.82, 2.24) is 4.90 Å². The number of nitro benzene ring substituents is 1. The number of non-ortho nitro benzene ring substituents is 1. The Kier molecular flexibility index (Phi) is 4.95. The predicted octanol–water partition coefficient (Wildman–Crippen LogP) is 4.09. The standard InChI is InChI=1S/C16H23N3O2/c1-15(2,3)11-16(4,5)18(12-17)10-13-7-6-8-14(9-13)19(20)21/h6-9H,10-11H2,1-5H3. The maximum atomic E-state index is 10.8. The van der Waals surface area contributed by atoms with E-state index in [1.807, 2.05) is 19.9 Å². The van der Waals surface area contributed by atoms with Crippen LogP contribution in [0.15, 0.2) is 24.3 Å². The molecule has 0 aliphatic heterocycles. The number of benzene rings is 1. The van der Waals surface area contributed by atoms with E-state index in [0.29, 0.717) is 6.54 Å². The van der Waals surface area contributed by atoms with E-state index in [1.165, 1.54) is 12.1 Å². The molecule has 0 fully saturated rings. The summed E-state index contributed by atoms with van der Waals surface area (Å²) >= 11 is 0. The summed E-state index contributed by atoms with van der Waals surface area (Å²) in [7, 11) is 0. The fourth-order valence-corrected chi connectivity index (χ4v) is 2.73. The van der Waals surface area contributed by atoms with Crippen molar-refractivity contribution in [3.63, 3.8) is 0 Å². The zero-order valence-corrected chi connectivity index (χ0v) is 13.4. The molecule has 0 atom stereocenters. The number of hydrogen-bond acceptors (Lipinski definition) is 4. The average Bonchev–Trinajstić information content (AvgIpc) is 2.33. The molecule has 5 heteroatoms. The molecule has 0 heterocycles. The van der Waals surface area contributed by atoms with Crippen LogP contribution in [-0.2, 0) is 6.54 Å². The van der Waals surface area contributed by atoms with Gasteiger partial charge in [-0.15, -0.1) is 0 Å². The van der Waals surface area contributed by atoms with Gasteiger partial charge in [-0.05, 0) is 31.2 Å². The van der Waals surface area contributed by atoms with E-state index in [4.69, 9.17) is 0 Å². The second-order valence-corrected chi connectivity index (χ2v) is 7.16. The second-order valence-electron chi connectivity index (χ2n) is 7.16. The minimum Gasteiger partial charge on any atom is -0.301 e. The maximum Gasteiger partial charge on any atom is 0.269 e. The van der Waals surface area contributed by atoms with Crippen molar-refractivity contribution in [2.75, 3.05) is 0 Å². The van der Waals surface area contributed by atoms with Crippen LogP contribution in [0.25, 0.3) is 0 Å². The number of nitro groups is 1. The highest BCUT2D eigenvalue weighted by Gasteiger charge is 2.31. The molecular weight excluding hydrogens is 266 g/mol. The van der Waals surface area contributed by atoms with Gasteiger partial charge < -0.3 is 4.90 Å². The Hall–Kier alpha value is -2.09. The molecule has 1 aromatic carbocycles. The van der Waals surface area contributed by atoms with Crippen LogP contribution in [-0.4, -0.2) is 15.4 Å². The number of nitriles is 1. The fraction of sp³-hybridized carbons (Fsp3) is 0.562. The smallest absolute Gasteiger partial charge is 0.269 e. The van der Waals surface area contributed by atoms with E-state index >= 15 is 0 Å². The lowest BCUT2D eigenvalue weighted by atomic mass is 9.81. The number of hydrogen-bond donors (Lipinski definition) is 0. The van der Waals surface area contributed by atoms with Gasteiger partial charge >= 0.3 is 0 Å². The zero-order valence-electron chi connectivity index (χ0n) is 13.4. The first-order chi connectivity index (χ1) is 9.55. The third-order valence-electron chi connectivity index (χ3n) is 3.28. The largest absolute Gasteiger partial charge is 0.301 e. The zero-order chi connectivity index (χ0) is 16.3. The van der Waals surface area contributed by atoms with Gasteiger partial charge in [0, 0.05) is 17.7 Å². The van der Waals surface area contributed by atoms with Gasteiger partial charge in [-0.3, -0.25) is 10.1 Å². The van der Waals surface area contributed by atoms with E-state index in [-0.39, 0.29) is 16.6 Å². The fourth-order valence-electron chi connectivity index (χ4n) is 2.73. The maximum absolute atomic E-state index is 10.8. The minimum atomic E-state index is -0.416. The van der Waals surface area contributed by atoms with Crippen LogP contribution in [0.3, 0.4) is 0 Å². The third kappa shape index (κ3) is 5.07. The van der Waals surface area contributed by atoms with Crippen LogP contribution in [0.5, 0.6) is 0 Å². The second kappa shape index (κ2) is 6.13. The first-order valence-corrected chi connectivity index (χ1v) is 6.96. The van der Waals surface area contributed by atoms with E-state index in [1.54, 1.807) is 11.0 Å². The normalized spacial score (nSPS) is 11.8. The lowest BCUT2D eigenvalue weighted by Gasteiger charge is -2.39. The highest BCUT2D eigenvalue weighted by atomic mass is 16.6. The summed E-state index contributed by atoms with van der Waals surface area (Å²) in [5.74, 6) is 0. The molecule has 0 aliphatic carbocycles. The molecule has 0 saturated heterocycles. The van der Waals surface area contributed by atoms with Crippen LogP contribution in [0.1, 0.15) is 46.6 Å². The summed E-state index contributed by atoms with van der Waals surface area (Å²) < 4.78 is 0. The highest BCUT2D eigenvalue weighted by Crippen LogP contribution is 2.32. The van der Waals surface area contributed by atoms with Crippen molar-refractivity contribution in [3.8, 4) is 6.19 Å². The lowest BCUT2D eigenvalue weighted by Crippen LogP contribution is -2.43. The molecule has 0 saturated carbocycles. The predicted molar refractivity (Wildman–Crippen MR) is 82.4 cm³/mol. The lowest BCUT2D eigenvalue weighted by molar-refractivity contribution is -0.384. The molecule has 21 heavy (non-hydrogen) atoms. The van der Waals surface area contributed by atoms with Gasteiger partial charge in [0.15, 0.2) is 6.19 Å². The molecule has 0 N–H and O–H groups in total. The molecule has 0 aliphatic rings. The first-order valence-electron chi connectivity index (χ1n) is 6.96. The summed E-state index contributed by atoms with van der Waals surface area (Å²) in [5.41, 5.74) is 0.616. The quantitative estimate of drug-likeness (QED) is 0.354. The number of nitrogens with zero attached hydrogens (tertiary/aromatic N) is 3. The summed E-state index contributed by atoms with van der Waals surface area (Å²) in [6, 6.07) is 6.45. The summed E-state index contributed by atoms with van der Waals surface area (Å²) in [5, 5.41) is 20.3. The Morgan fingerprint density at radius 3 is 2.38 bits per heavy atom. The van der Waals surface area contributed by atoms with Crippen LogP contribution < -0.4 is 0 Å². The Labute approximate surface area is 126 Å². The Balaban J connectivity index is 2.95. The SMILES string of the molecule is CC(C)(C)CC(C)(C)N(C#N)Cc1cccc([N+](=O)[O-])c1. The topological polar surface area (TPSA) is 70.2 Å². The van der Waals surface area contributed by atoms with Gasteiger partial charge in [-0.1, -0.05) is 32.9 Å². The molecule has 0 unspecified atom stereocenters. The van der Waals surface area contributed by atoms with Crippen molar-refractivity contribution in [3.05, 3.63) is 39.9 Å². The van der Waals surface area contributed by atoms with Gasteiger partial charge in [0.25, 0.3) is 5.69 Å². The molecule has 1 aromatic rings. The summed E-state index contributed by atoms with van der Waals surface area (Å²) in [6.45, 7) is 10.8. The third-order valence-corrected chi connectivity index (χ3v) is 3.28. The van der Waals surface area contributed by atoms with E-state index in [0.717, 1.165) is 12.0 Å². The van der Waals surface area contributed by atoms with Gasteiger partial charge in [-0.2, -0.15) is 5.26 Å². The number of rotatable bonds is 5. The molecular formula is C16H23N3O2. The molecule has 0 radical (unpaired) electrons. The van der Waals surface area contributed by atoms with Gasteiger partial charge in [0.1, 0.15) is 0 Å². The molecule has 0 amide bonds. The van der Waals surface area contributed by atoms with Crippen LogP contribution in [0.2, 0.25) is 0 Å². The van der Waals surface area contributed by atoms with Crippen LogP contribution >= 0.6 is 0 Å². The van der Waals surface area contributed by atoms with Crippen molar-refractivity contribution in [1.29, 1.82) is 5.26 Å². The monoisotopic (exact) mass is 289 g/mol. The molecule has 114 valence electrons. The Morgan fingerprint density at radius 2 is 1.90 bits per heavy atom. The van der Waals surface area contributed by atoms with E-state index in [2.05, 4.69) is 27.0 Å². The molecule has 0 spiro atoms. The Bertz CT molecular complexity index is 553. The summed E-state index contributed by atoms with van der Waals surface area (Å²) in [6.07, 6.45) is 3.08. The van der Waals surface area contributed by atoms with Gasteiger partial charge in [0.05, 0.1) is 11.5 Å². The minimum absolute atomic E-state index is 0.0546. The molecule has 0 aromatic heterocycles. The van der Waals surface area contributed by atoms with Crippen LogP contribution in [0.4, 0.5) is 5.69 Å². The van der Waals surface area contributed by atoms with Crippen molar-refractivity contribution >= 4 is 5.69 Å². The summed E-state index contributed by atoms with van der Waals surface area (Å²) in [4.78, 5) is 12.1. The molecule has 5 nitrogen and oxygen atoms in total. The van der Waals surface area contributed by atoms with Crippen molar-refractivity contribution in [2.24, 2.45) is 5.41 Å². The van der Waals surface area contributed by atoms with Crippen LogP contribution in [0, 0.1) is 27.0 Å². The highest BCUT2D eigenvalue weighted by molar-refractivity contribution is 5.34. The first kappa shape index (κ1) is 17.0. The molecule has 1 rings (SSSR count). The Morgan fingerprint density at radius 1 is 1.29 bits per heavy atom. The average molecular weight is 289 g/mol. The van der Waals surface area contributed by atoms with E-state index < -0.39 is 4.92 Å². The van der Waals surface area contributed by atoms with Crippen molar-refractivity contribution in [2.45, 2.75) is 53.1 Å².